The van der Waals surface area contributed by atoms with Crippen LogP contribution < -0.4 is 11.1 Å². The first-order chi connectivity index (χ1) is 9.90. The number of methoxy groups -OCH3 is 1. The maximum absolute atomic E-state index is 11.5. The highest BCUT2D eigenvalue weighted by Crippen LogP contribution is 2.22. The molecule has 0 fully saturated rings. The van der Waals surface area contributed by atoms with E-state index in [-0.39, 0.29) is 18.8 Å². The summed E-state index contributed by atoms with van der Waals surface area (Å²) < 4.78 is 5.36. The molecule has 4 N–H and O–H groups in total. The minimum absolute atomic E-state index is 0.0138. The number of anilines is 1. The van der Waals surface area contributed by atoms with Crippen LogP contribution in [-0.2, 0) is 9.53 Å². The van der Waals surface area contributed by atoms with Crippen LogP contribution in [0.4, 0.5) is 10.5 Å². The van der Waals surface area contributed by atoms with Crippen LogP contribution in [0.3, 0.4) is 0 Å². The van der Waals surface area contributed by atoms with Crippen LogP contribution in [0.15, 0.2) is 22.7 Å². The largest absolute Gasteiger partial charge is 0.469 e. The number of amides is 2. The summed E-state index contributed by atoms with van der Waals surface area (Å²) >= 11 is 3.33. The molecule has 0 aliphatic carbocycles. The molecule has 0 radical (unpaired) electrons. The molecule has 0 atom stereocenters. The molecule has 0 saturated heterocycles. The normalized spacial score (nSPS) is 9.86. The molecule has 0 aromatic heterocycles. The number of ether oxygens (including phenoxy) is 1. The average Bonchev–Trinajstić information content (AvgIpc) is 2.46. The van der Waals surface area contributed by atoms with Gasteiger partial charge < -0.3 is 15.8 Å². The van der Waals surface area contributed by atoms with E-state index in [1.165, 1.54) is 7.11 Å². The van der Waals surface area contributed by atoms with Gasteiger partial charge in [-0.25, -0.2) is 4.79 Å². The lowest BCUT2D eigenvalue weighted by atomic mass is 10.1. The first kappa shape index (κ1) is 17.0. The highest BCUT2D eigenvalue weighted by atomic mass is 79.9. The Labute approximate surface area is 131 Å². The number of nitrogens with two attached hydrogens (primary N) is 1. The number of carbonyl (C=O) groups excluding carboxylic acids is 2. The molecule has 0 bridgehead atoms. The van der Waals surface area contributed by atoms with Gasteiger partial charge in [0.1, 0.15) is 5.84 Å². The lowest BCUT2D eigenvalue weighted by Crippen LogP contribution is -2.42. The van der Waals surface area contributed by atoms with Gasteiger partial charge in [0.25, 0.3) is 0 Å². The zero-order chi connectivity index (χ0) is 16.0. The van der Waals surface area contributed by atoms with Crippen LogP contribution in [0.25, 0.3) is 0 Å². The summed E-state index contributed by atoms with van der Waals surface area (Å²) in [6.07, 6.45) is -0.0345. The predicted octanol–water partition coefficient (Wildman–Crippen LogP) is 1.76. The van der Waals surface area contributed by atoms with Crippen LogP contribution in [0.5, 0.6) is 0 Å². The number of esters is 1. The van der Waals surface area contributed by atoms with Crippen molar-refractivity contribution in [3.05, 3.63) is 28.2 Å². The number of halogens is 1. The number of rotatable bonds is 5. The van der Waals surface area contributed by atoms with Gasteiger partial charge in [-0.15, -0.1) is 0 Å². The molecule has 0 aliphatic heterocycles. The first-order valence-corrected chi connectivity index (χ1v) is 6.90. The summed E-state index contributed by atoms with van der Waals surface area (Å²) in [5.41, 5.74) is 6.46. The van der Waals surface area contributed by atoms with E-state index in [2.05, 4.69) is 26.0 Å². The van der Waals surface area contributed by atoms with Crippen molar-refractivity contribution >= 4 is 39.5 Å². The summed E-state index contributed by atoms with van der Waals surface area (Å²) in [5.74, 6) is -0.554. The van der Waals surface area contributed by atoms with Crippen molar-refractivity contribution in [2.24, 2.45) is 5.73 Å². The van der Waals surface area contributed by atoms with Crippen molar-refractivity contribution in [3.63, 3.8) is 0 Å². The van der Waals surface area contributed by atoms with E-state index in [1.807, 2.05) is 0 Å². The Bertz CT molecular complexity index is 562. The van der Waals surface area contributed by atoms with E-state index in [1.54, 1.807) is 25.2 Å². The van der Waals surface area contributed by atoms with Gasteiger partial charge in [0, 0.05) is 29.3 Å². The van der Waals surface area contributed by atoms with E-state index in [4.69, 9.17) is 11.1 Å². The molecule has 114 valence electrons. The Morgan fingerprint density at radius 3 is 2.67 bits per heavy atom. The number of carbonyl (C=O) groups is 2. The van der Waals surface area contributed by atoms with Crippen LogP contribution in [0.2, 0.25) is 0 Å². The Kier molecular flexibility index (Phi) is 6.16. The van der Waals surface area contributed by atoms with Gasteiger partial charge in [0.15, 0.2) is 0 Å². The van der Waals surface area contributed by atoms with Crippen LogP contribution >= 0.6 is 15.9 Å². The topological polar surface area (TPSA) is 109 Å². The number of nitrogens with one attached hydrogen (secondary N) is 2. The predicted molar refractivity (Wildman–Crippen MR) is 83.4 cm³/mol. The van der Waals surface area contributed by atoms with Crippen LogP contribution in [0.1, 0.15) is 12.0 Å². The fourth-order valence-electron chi connectivity index (χ4n) is 1.71. The zero-order valence-corrected chi connectivity index (χ0v) is 13.4. The van der Waals surface area contributed by atoms with E-state index < -0.39 is 12.0 Å². The third kappa shape index (κ3) is 4.45. The quantitative estimate of drug-likeness (QED) is 0.424. The smallest absolute Gasteiger partial charge is 0.320 e. The molecule has 1 aromatic rings. The third-order valence-corrected chi connectivity index (χ3v) is 3.30. The molecule has 0 unspecified atom stereocenters. The lowest BCUT2D eigenvalue weighted by Gasteiger charge is -2.22. The Hall–Kier alpha value is -2.09. The number of hydrogen-bond donors (Lipinski definition) is 3. The molecular formula is C13H17BrN4O3. The van der Waals surface area contributed by atoms with Crippen molar-refractivity contribution in [3.8, 4) is 0 Å². The number of nitrogens with zero attached hydrogens (tertiary/aromatic N) is 1. The summed E-state index contributed by atoms with van der Waals surface area (Å²) in [4.78, 5) is 23.7. The molecule has 0 saturated carbocycles. The maximum atomic E-state index is 11.5. The molecule has 1 aromatic carbocycles. The number of benzene rings is 1. The van der Waals surface area contributed by atoms with Crippen molar-refractivity contribution in [1.82, 2.24) is 4.90 Å². The second kappa shape index (κ2) is 7.63. The molecular weight excluding hydrogens is 340 g/mol. The fraction of sp³-hybridized carbons (Fsp3) is 0.308. The summed E-state index contributed by atoms with van der Waals surface area (Å²) in [6, 6.07) is 4.42. The first-order valence-electron chi connectivity index (χ1n) is 6.10. The Morgan fingerprint density at radius 1 is 1.48 bits per heavy atom. The number of amidine groups is 1. The van der Waals surface area contributed by atoms with Gasteiger partial charge >= 0.3 is 12.0 Å². The van der Waals surface area contributed by atoms with Crippen molar-refractivity contribution in [2.75, 3.05) is 26.0 Å². The van der Waals surface area contributed by atoms with E-state index >= 15 is 0 Å². The molecule has 21 heavy (non-hydrogen) atoms. The summed E-state index contributed by atoms with van der Waals surface area (Å²) in [5, 5.41) is 11.1. The van der Waals surface area contributed by atoms with Gasteiger partial charge in [-0.2, -0.15) is 0 Å². The van der Waals surface area contributed by atoms with Gasteiger partial charge in [-0.05, 0) is 18.2 Å². The van der Waals surface area contributed by atoms with Gasteiger partial charge in [-0.1, -0.05) is 15.9 Å². The molecule has 2 amide bonds. The number of urea groups is 1. The molecule has 7 nitrogen and oxygen atoms in total. The fourth-order valence-corrected chi connectivity index (χ4v) is 2.07. The Morgan fingerprint density at radius 2 is 2.14 bits per heavy atom. The number of primary amides is 1. The lowest BCUT2D eigenvalue weighted by molar-refractivity contribution is -0.140. The van der Waals surface area contributed by atoms with Crippen LogP contribution in [0, 0.1) is 5.41 Å². The SMILES string of the molecule is CNc1cc(Br)ccc1C(=N)N(CCC(=O)OC)C(N)=O. The van der Waals surface area contributed by atoms with Crippen molar-refractivity contribution in [2.45, 2.75) is 6.42 Å². The third-order valence-electron chi connectivity index (χ3n) is 2.81. The van der Waals surface area contributed by atoms with Gasteiger partial charge in [0.05, 0.1) is 13.5 Å². The minimum atomic E-state index is -0.797. The van der Waals surface area contributed by atoms with Gasteiger partial charge in [-0.3, -0.25) is 15.1 Å². The zero-order valence-electron chi connectivity index (χ0n) is 11.8. The van der Waals surface area contributed by atoms with E-state index in [0.717, 1.165) is 9.37 Å². The average molecular weight is 357 g/mol. The molecule has 1 rings (SSSR count). The van der Waals surface area contributed by atoms with Gasteiger partial charge in [0.2, 0.25) is 0 Å². The second-order valence-electron chi connectivity index (χ2n) is 4.10. The molecule has 0 aliphatic rings. The monoisotopic (exact) mass is 356 g/mol. The molecule has 0 heterocycles. The van der Waals surface area contributed by atoms with Crippen LogP contribution in [-0.4, -0.2) is 43.4 Å². The van der Waals surface area contributed by atoms with E-state index in [0.29, 0.717) is 11.3 Å². The highest BCUT2D eigenvalue weighted by molar-refractivity contribution is 9.10. The minimum Gasteiger partial charge on any atom is -0.469 e. The highest BCUT2D eigenvalue weighted by Gasteiger charge is 2.20. The van der Waals surface area contributed by atoms with Crippen molar-refractivity contribution in [1.29, 1.82) is 5.41 Å². The second-order valence-corrected chi connectivity index (χ2v) is 5.02. The molecule has 8 heteroatoms. The maximum Gasteiger partial charge on any atom is 0.320 e. The summed E-state index contributed by atoms with van der Waals surface area (Å²) in [7, 11) is 2.97. The van der Waals surface area contributed by atoms with E-state index in [9.17, 15) is 9.59 Å². The Balaban J connectivity index is 3.01. The number of hydrogen-bond acceptors (Lipinski definition) is 5. The summed E-state index contributed by atoms with van der Waals surface area (Å²) in [6.45, 7) is -0.0138. The van der Waals surface area contributed by atoms with Crippen molar-refractivity contribution < 1.29 is 14.3 Å². The molecule has 0 spiro atoms. The standard InChI is InChI=1S/C13H17BrN4O3/c1-17-10-7-8(14)3-4-9(10)12(15)18(13(16)20)6-5-11(19)21-2/h3-4,7,15,17H,5-6H2,1-2H3,(H2,16,20).